The quantitative estimate of drug-likeness (QED) is 0.889. The number of halogens is 1. The number of ether oxygens (including phenoxy) is 2. The van der Waals surface area contributed by atoms with E-state index in [9.17, 15) is 0 Å². The molecule has 0 unspecified atom stereocenters. The maximum absolute atomic E-state index is 6.36. The Hall–Kier alpha value is -1.56. The van der Waals surface area contributed by atoms with Gasteiger partial charge in [0.05, 0.1) is 30.9 Å². The molecular weight excluding hydrogens is 350 g/mol. The SMILES string of the molecule is COc1cc2c(NC3CCN(C)CC3)c3c(nc2cc1Cl)CCOCC3. The third-order valence-corrected chi connectivity index (χ3v) is 5.79. The standard InChI is InChI=1S/C20H26ClN3O2/c1-24-7-3-13(4-8-24)22-20-14-5-9-26-10-6-17(14)23-18-12-16(21)19(25-2)11-15(18)20/h11-13H,3-10H2,1-2H3,(H,22,23). The highest BCUT2D eigenvalue weighted by Crippen LogP contribution is 2.37. The van der Waals surface area contributed by atoms with Crippen LogP contribution in [-0.2, 0) is 17.6 Å². The topological polar surface area (TPSA) is 46.6 Å². The number of benzene rings is 1. The van der Waals surface area contributed by atoms with Gasteiger partial charge >= 0.3 is 0 Å². The normalized spacial score (nSPS) is 19.2. The van der Waals surface area contributed by atoms with Crippen LogP contribution in [0.3, 0.4) is 0 Å². The van der Waals surface area contributed by atoms with Crippen LogP contribution in [0.5, 0.6) is 5.75 Å². The van der Waals surface area contributed by atoms with Gasteiger partial charge < -0.3 is 19.7 Å². The summed E-state index contributed by atoms with van der Waals surface area (Å²) in [5.74, 6) is 0.692. The number of pyridine rings is 1. The van der Waals surface area contributed by atoms with E-state index >= 15 is 0 Å². The first-order chi connectivity index (χ1) is 12.7. The number of likely N-dealkylation sites (tertiary alicyclic amines) is 1. The molecule has 0 saturated carbocycles. The fourth-order valence-corrected chi connectivity index (χ4v) is 4.19. The van der Waals surface area contributed by atoms with Crippen LogP contribution in [0.1, 0.15) is 24.1 Å². The Bertz CT molecular complexity index is 803. The molecule has 1 N–H and O–H groups in total. The Morgan fingerprint density at radius 1 is 1.23 bits per heavy atom. The molecule has 1 fully saturated rings. The molecule has 2 aliphatic heterocycles. The van der Waals surface area contributed by atoms with Crippen molar-refractivity contribution >= 4 is 28.2 Å². The smallest absolute Gasteiger partial charge is 0.138 e. The molecule has 6 heteroatoms. The maximum Gasteiger partial charge on any atom is 0.138 e. The van der Waals surface area contributed by atoms with Crippen LogP contribution in [-0.4, -0.2) is 56.4 Å². The second-order valence-corrected chi connectivity index (χ2v) is 7.66. The van der Waals surface area contributed by atoms with Gasteiger partial charge in [0, 0.05) is 29.2 Å². The van der Waals surface area contributed by atoms with Gasteiger partial charge in [-0.15, -0.1) is 0 Å². The maximum atomic E-state index is 6.36. The van der Waals surface area contributed by atoms with E-state index in [2.05, 4.69) is 17.3 Å². The molecule has 26 heavy (non-hydrogen) atoms. The number of fused-ring (bicyclic) bond motifs is 2. The van der Waals surface area contributed by atoms with Crippen LogP contribution in [0.25, 0.3) is 10.9 Å². The van der Waals surface area contributed by atoms with Crippen LogP contribution in [0, 0.1) is 0 Å². The zero-order chi connectivity index (χ0) is 18.1. The number of nitrogens with zero attached hydrogens (tertiary/aromatic N) is 2. The van der Waals surface area contributed by atoms with Gasteiger partial charge in [-0.2, -0.15) is 0 Å². The molecule has 2 aliphatic rings. The Balaban J connectivity index is 1.82. The van der Waals surface area contributed by atoms with Crippen molar-refractivity contribution in [1.29, 1.82) is 0 Å². The molecular formula is C20H26ClN3O2. The van der Waals surface area contributed by atoms with Gasteiger partial charge in [0.25, 0.3) is 0 Å². The number of nitrogens with one attached hydrogen (secondary N) is 1. The number of methoxy groups -OCH3 is 1. The van der Waals surface area contributed by atoms with Gasteiger partial charge in [0.15, 0.2) is 0 Å². The first-order valence-corrected chi connectivity index (χ1v) is 9.75. The lowest BCUT2D eigenvalue weighted by Crippen LogP contribution is -2.37. The van der Waals surface area contributed by atoms with Crippen LogP contribution >= 0.6 is 11.6 Å². The molecule has 5 nitrogen and oxygen atoms in total. The lowest BCUT2D eigenvalue weighted by Gasteiger charge is -2.31. The lowest BCUT2D eigenvalue weighted by molar-refractivity contribution is 0.146. The second kappa shape index (κ2) is 7.59. The number of rotatable bonds is 3. The minimum Gasteiger partial charge on any atom is -0.495 e. The molecule has 0 amide bonds. The second-order valence-electron chi connectivity index (χ2n) is 7.25. The summed E-state index contributed by atoms with van der Waals surface area (Å²) in [6.45, 7) is 3.72. The zero-order valence-corrected chi connectivity index (χ0v) is 16.2. The number of hydrogen-bond donors (Lipinski definition) is 1. The van der Waals surface area contributed by atoms with Gasteiger partial charge in [-0.25, -0.2) is 0 Å². The largest absolute Gasteiger partial charge is 0.495 e. The van der Waals surface area contributed by atoms with Gasteiger partial charge in [-0.05, 0) is 57.1 Å². The third-order valence-electron chi connectivity index (χ3n) is 5.49. The van der Waals surface area contributed by atoms with E-state index in [-0.39, 0.29) is 0 Å². The number of aromatic nitrogens is 1. The molecule has 0 atom stereocenters. The predicted octanol–water partition coefficient (Wildman–Crippen LogP) is 3.52. The van der Waals surface area contributed by atoms with Crippen molar-refractivity contribution in [3.63, 3.8) is 0 Å². The van der Waals surface area contributed by atoms with Crippen molar-refractivity contribution in [2.75, 3.05) is 45.8 Å². The molecule has 3 heterocycles. The highest BCUT2D eigenvalue weighted by atomic mass is 35.5. The molecule has 4 rings (SSSR count). The Morgan fingerprint density at radius 3 is 2.77 bits per heavy atom. The van der Waals surface area contributed by atoms with E-state index in [0.717, 1.165) is 68.6 Å². The molecule has 0 spiro atoms. The van der Waals surface area contributed by atoms with Crippen LogP contribution < -0.4 is 10.1 Å². The lowest BCUT2D eigenvalue weighted by atomic mass is 9.99. The summed E-state index contributed by atoms with van der Waals surface area (Å²) < 4.78 is 11.2. The minimum absolute atomic E-state index is 0.478. The van der Waals surface area contributed by atoms with Crippen molar-refractivity contribution in [3.8, 4) is 5.75 Å². The summed E-state index contributed by atoms with van der Waals surface area (Å²) >= 11 is 6.36. The van der Waals surface area contributed by atoms with Crippen molar-refractivity contribution in [2.24, 2.45) is 0 Å². The highest BCUT2D eigenvalue weighted by molar-refractivity contribution is 6.33. The highest BCUT2D eigenvalue weighted by Gasteiger charge is 2.23. The van der Waals surface area contributed by atoms with Gasteiger partial charge in [-0.3, -0.25) is 4.98 Å². The monoisotopic (exact) mass is 375 g/mol. The molecule has 1 aromatic carbocycles. The summed E-state index contributed by atoms with van der Waals surface area (Å²) in [5, 5.41) is 5.54. The molecule has 0 radical (unpaired) electrons. The van der Waals surface area contributed by atoms with Gasteiger partial charge in [0.2, 0.25) is 0 Å². The molecule has 1 saturated heterocycles. The predicted molar refractivity (Wildman–Crippen MR) is 106 cm³/mol. The summed E-state index contributed by atoms with van der Waals surface area (Å²) in [6, 6.07) is 4.42. The van der Waals surface area contributed by atoms with Gasteiger partial charge in [0.1, 0.15) is 5.75 Å². The first-order valence-electron chi connectivity index (χ1n) is 9.37. The molecule has 0 bridgehead atoms. The van der Waals surface area contributed by atoms with Crippen molar-refractivity contribution in [2.45, 2.75) is 31.7 Å². The molecule has 1 aromatic heterocycles. The Morgan fingerprint density at radius 2 is 2.00 bits per heavy atom. The third kappa shape index (κ3) is 3.48. The average Bonchev–Trinajstić information content (AvgIpc) is 2.88. The van der Waals surface area contributed by atoms with Crippen molar-refractivity contribution < 1.29 is 9.47 Å². The molecule has 2 aromatic rings. The number of piperidine rings is 1. The van der Waals surface area contributed by atoms with Crippen LogP contribution in [0.15, 0.2) is 12.1 Å². The van der Waals surface area contributed by atoms with Crippen molar-refractivity contribution in [1.82, 2.24) is 9.88 Å². The van der Waals surface area contributed by atoms with E-state index in [1.807, 2.05) is 12.1 Å². The van der Waals surface area contributed by atoms with E-state index in [1.165, 1.54) is 11.3 Å². The fraction of sp³-hybridized carbons (Fsp3) is 0.550. The van der Waals surface area contributed by atoms with Crippen LogP contribution in [0.2, 0.25) is 5.02 Å². The average molecular weight is 376 g/mol. The molecule has 140 valence electrons. The van der Waals surface area contributed by atoms with Crippen LogP contribution in [0.4, 0.5) is 5.69 Å². The fourth-order valence-electron chi connectivity index (χ4n) is 3.95. The summed E-state index contributed by atoms with van der Waals surface area (Å²) in [5.41, 5.74) is 4.54. The van der Waals surface area contributed by atoms with E-state index in [1.54, 1.807) is 7.11 Å². The Labute approximate surface area is 159 Å². The first kappa shape index (κ1) is 17.8. The van der Waals surface area contributed by atoms with Crippen molar-refractivity contribution in [3.05, 3.63) is 28.4 Å². The number of anilines is 1. The number of hydrogen-bond acceptors (Lipinski definition) is 5. The van der Waals surface area contributed by atoms with E-state index in [0.29, 0.717) is 16.8 Å². The van der Waals surface area contributed by atoms with E-state index < -0.39 is 0 Å². The zero-order valence-electron chi connectivity index (χ0n) is 15.5. The summed E-state index contributed by atoms with van der Waals surface area (Å²) in [6.07, 6.45) is 4.03. The van der Waals surface area contributed by atoms with Gasteiger partial charge in [-0.1, -0.05) is 11.6 Å². The minimum atomic E-state index is 0.478. The Kier molecular flexibility index (Phi) is 5.20. The summed E-state index contributed by atoms with van der Waals surface area (Å²) in [7, 11) is 3.84. The van der Waals surface area contributed by atoms with E-state index in [4.69, 9.17) is 26.1 Å². The summed E-state index contributed by atoms with van der Waals surface area (Å²) in [4.78, 5) is 7.30. The molecule has 0 aliphatic carbocycles.